The number of nitrogens with two attached hydrogens (primary N) is 1. The summed E-state index contributed by atoms with van der Waals surface area (Å²) in [4.78, 5) is 8.32. The van der Waals surface area contributed by atoms with Crippen LogP contribution in [0, 0.1) is 5.92 Å². The third-order valence-electron chi connectivity index (χ3n) is 2.86. The van der Waals surface area contributed by atoms with Crippen LogP contribution in [0.2, 0.25) is 0 Å². The van der Waals surface area contributed by atoms with Gasteiger partial charge in [0.05, 0.1) is 17.9 Å². The molecule has 2 aromatic rings. The molecular weight excluding hydrogens is 222 g/mol. The lowest BCUT2D eigenvalue weighted by Gasteiger charge is -2.13. The van der Waals surface area contributed by atoms with Gasteiger partial charge in [0.2, 0.25) is 0 Å². The maximum atomic E-state index is 6.21. The minimum atomic E-state index is -0.203. The number of benzene rings is 1. The van der Waals surface area contributed by atoms with Crippen LogP contribution in [-0.2, 0) is 6.42 Å². The molecule has 0 radical (unpaired) electrons. The molecule has 94 valence electrons. The van der Waals surface area contributed by atoms with Gasteiger partial charge < -0.3 is 5.73 Å². The number of hydrogen-bond acceptors (Lipinski definition) is 3. The fourth-order valence-electron chi connectivity index (χ4n) is 2.03. The van der Waals surface area contributed by atoms with Gasteiger partial charge in [0.15, 0.2) is 0 Å². The first-order valence-electron chi connectivity index (χ1n) is 6.27. The Morgan fingerprint density at radius 2 is 2.06 bits per heavy atom. The second-order valence-corrected chi connectivity index (χ2v) is 4.95. The second-order valence-electron chi connectivity index (χ2n) is 4.95. The molecule has 1 heterocycles. The number of rotatable bonds is 4. The lowest BCUT2D eigenvalue weighted by atomic mass is 9.97. The lowest BCUT2D eigenvalue weighted by Crippen LogP contribution is -2.14. The summed E-state index contributed by atoms with van der Waals surface area (Å²) in [7, 11) is 0. The standard InChI is InChI=1S/C15H19N3/c1-11(2)8-12-4-3-5-13(9-12)15(16)14-10-17-6-7-18-14/h3-7,9-11,15H,8,16H2,1-2H3. The van der Waals surface area contributed by atoms with Crippen LogP contribution in [0.3, 0.4) is 0 Å². The Bertz CT molecular complexity index is 494. The van der Waals surface area contributed by atoms with E-state index < -0.39 is 0 Å². The van der Waals surface area contributed by atoms with Crippen LogP contribution in [0.5, 0.6) is 0 Å². The highest BCUT2D eigenvalue weighted by molar-refractivity contribution is 5.30. The summed E-state index contributed by atoms with van der Waals surface area (Å²) >= 11 is 0. The van der Waals surface area contributed by atoms with Crippen LogP contribution < -0.4 is 5.73 Å². The monoisotopic (exact) mass is 241 g/mol. The lowest BCUT2D eigenvalue weighted by molar-refractivity contribution is 0.646. The van der Waals surface area contributed by atoms with Gasteiger partial charge in [-0.05, 0) is 23.5 Å². The maximum Gasteiger partial charge on any atom is 0.0799 e. The van der Waals surface area contributed by atoms with E-state index in [2.05, 4.69) is 42.0 Å². The van der Waals surface area contributed by atoms with Gasteiger partial charge in [0.25, 0.3) is 0 Å². The van der Waals surface area contributed by atoms with Crippen molar-refractivity contribution in [1.82, 2.24) is 9.97 Å². The van der Waals surface area contributed by atoms with E-state index in [9.17, 15) is 0 Å². The van der Waals surface area contributed by atoms with Crippen LogP contribution in [0.4, 0.5) is 0 Å². The van der Waals surface area contributed by atoms with E-state index in [-0.39, 0.29) is 6.04 Å². The molecule has 0 fully saturated rings. The summed E-state index contributed by atoms with van der Waals surface area (Å²) in [5, 5.41) is 0. The Morgan fingerprint density at radius 1 is 1.22 bits per heavy atom. The summed E-state index contributed by atoms with van der Waals surface area (Å²) in [6.45, 7) is 4.44. The molecule has 0 bridgehead atoms. The van der Waals surface area contributed by atoms with Crippen molar-refractivity contribution in [3.05, 3.63) is 59.7 Å². The summed E-state index contributed by atoms with van der Waals surface area (Å²) in [6, 6.07) is 8.21. The van der Waals surface area contributed by atoms with E-state index in [0.29, 0.717) is 5.92 Å². The maximum absolute atomic E-state index is 6.21. The Morgan fingerprint density at radius 3 is 2.72 bits per heavy atom. The molecule has 1 unspecified atom stereocenters. The highest BCUT2D eigenvalue weighted by atomic mass is 14.8. The highest BCUT2D eigenvalue weighted by Gasteiger charge is 2.10. The first kappa shape index (κ1) is 12.7. The molecule has 1 aromatic heterocycles. The zero-order valence-corrected chi connectivity index (χ0v) is 10.9. The SMILES string of the molecule is CC(C)Cc1cccc(C(N)c2cnccn2)c1. The quantitative estimate of drug-likeness (QED) is 0.895. The molecule has 0 spiro atoms. The highest BCUT2D eigenvalue weighted by Crippen LogP contribution is 2.19. The zero-order chi connectivity index (χ0) is 13.0. The summed E-state index contributed by atoms with van der Waals surface area (Å²) in [5.74, 6) is 0.646. The predicted molar refractivity (Wildman–Crippen MR) is 73.0 cm³/mol. The molecule has 0 saturated heterocycles. The molecule has 0 aliphatic carbocycles. The third kappa shape index (κ3) is 3.14. The average molecular weight is 241 g/mol. The molecule has 1 atom stereocenters. The number of aromatic nitrogens is 2. The zero-order valence-electron chi connectivity index (χ0n) is 10.9. The van der Waals surface area contributed by atoms with Crippen molar-refractivity contribution in [2.75, 3.05) is 0 Å². The smallest absolute Gasteiger partial charge is 0.0799 e. The summed E-state index contributed by atoms with van der Waals surface area (Å²) in [6.07, 6.45) is 6.12. The van der Waals surface area contributed by atoms with Crippen LogP contribution >= 0.6 is 0 Å². The van der Waals surface area contributed by atoms with E-state index >= 15 is 0 Å². The van der Waals surface area contributed by atoms with Crippen molar-refractivity contribution in [1.29, 1.82) is 0 Å². The molecular formula is C15H19N3. The van der Waals surface area contributed by atoms with Crippen molar-refractivity contribution >= 4 is 0 Å². The Hall–Kier alpha value is -1.74. The van der Waals surface area contributed by atoms with Gasteiger partial charge in [-0.2, -0.15) is 0 Å². The van der Waals surface area contributed by atoms with Gasteiger partial charge >= 0.3 is 0 Å². The first-order valence-corrected chi connectivity index (χ1v) is 6.27. The van der Waals surface area contributed by atoms with Crippen molar-refractivity contribution in [2.24, 2.45) is 11.7 Å². The molecule has 3 heteroatoms. The van der Waals surface area contributed by atoms with E-state index in [1.165, 1.54) is 5.56 Å². The van der Waals surface area contributed by atoms with Crippen LogP contribution in [0.25, 0.3) is 0 Å². The largest absolute Gasteiger partial charge is 0.319 e. The second kappa shape index (κ2) is 5.74. The van der Waals surface area contributed by atoms with Gasteiger partial charge in [0.1, 0.15) is 0 Å². The van der Waals surface area contributed by atoms with E-state index in [4.69, 9.17) is 5.73 Å². The number of nitrogens with zero attached hydrogens (tertiary/aromatic N) is 2. The Balaban J connectivity index is 2.23. The summed E-state index contributed by atoms with van der Waals surface area (Å²) in [5.41, 5.74) is 9.43. The fraction of sp³-hybridized carbons (Fsp3) is 0.333. The molecule has 0 aliphatic heterocycles. The van der Waals surface area contributed by atoms with E-state index in [0.717, 1.165) is 17.7 Å². The predicted octanol–water partition coefficient (Wildman–Crippen LogP) is 2.72. The van der Waals surface area contributed by atoms with Gasteiger partial charge in [-0.15, -0.1) is 0 Å². The van der Waals surface area contributed by atoms with Crippen LogP contribution in [0.15, 0.2) is 42.9 Å². The molecule has 2 rings (SSSR count). The molecule has 3 nitrogen and oxygen atoms in total. The van der Waals surface area contributed by atoms with E-state index in [1.54, 1.807) is 18.6 Å². The molecule has 18 heavy (non-hydrogen) atoms. The van der Waals surface area contributed by atoms with Gasteiger partial charge in [-0.3, -0.25) is 9.97 Å². The van der Waals surface area contributed by atoms with Gasteiger partial charge in [-0.1, -0.05) is 38.1 Å². The van der Waals surface area contributed by atoms with Crippen LogP contribution in [0.1, 0.15) is 36.7 Å². The minimum absolute atomic E-state index is 0.203. The first-order chi connectivity index (χ1) is 8.66. The molecule has 2 N–H and O–H groups in total. The molecule has 0 aliphatic rings. The molecule has 0 amide bonds. The van der Waals surface area contributed by atoms with Gasteiger partial charge in [0, 0.05) is 12.4 Å². The number of hydrogen-bond donors (Lipinski definition) is 1. The van der Waals surface area contributed by atoms with Crippen LogP contribution in [-0.4, -0.2) is 9.97 Å². The topological polar surface area (TPSA) is 51.8 Å². The fourth-order valence-corrected chi connectivity index (χ4v) is 2.03. The molecule has 0 saturated carbocycles. The third-order valence-corrected chi connectivity index (χ3v) is 2.86. The minimum Gasteiger partial charge on any atom is -0.319 e. The van der Waals surface area contributed by atoms with Gasteiger partial charge in [-0.25, -0.2) is 0 Å². The van der Waals surface area contributed by atoms with Crippen molar-refractivity contribution in [2.45, 2.75) is 26.3 Å². The Kier molecular flexibility index (Phi) is 4.05. The van der Waals surface area contributed by atoms with Crippen molar-refractivity contribution < 1.29 is 0 Å². The van der Waals surface area contributed by atoms with E-state index in [1.807, 2.05) is 6.07 Å². The Labute approximate surface area is 108 Å². The average Bonchev–Trinajstić information content (AvgIpc) is 2.38. The van der Waals surface area contributed by atoms with Crippen molar-refractivity contribution in [3.8, 4) is 0 Å². The normalized spacial score (nSPS) is 12.7. The van der Waals surface area contributed by atoms with Crippen molar-refractivity contribution in [3.63, 3.8) is 0 Å². The molecule has 1 aromatic carbocycles. The summed E-state index contributed by atoms with van der Waals surface area (Å²) < 4.78 is 0.